The molecule has 0 fully saturated rings. The van der Waals surface area contributed by atoms with E-state index < -0.39 is 5.60 Å². The zero-order valence-corrected chi connectivity index (χ0v) is 14.2. The van der Waals surface area contributed by atoms with Crippen molar-refractivity contribution in [3.63, 3.8) is 0 Å². The van der Waals surface area contributed by atoms with Gasteiger partial charge in [-0.25, -0.2) is 4.98 Å². The van der Waals surface area contributed by atoms with Gasteiger partial charge in [0, 0.05) is 10.9 Å². The van der Waals surface area contributed by atoms with Crippen molar-refractivity contribution in [1.29, 1.82) is 5.26 Å². The lowest BCUT2D eigenvalue weighted by Gasteiger charge is -2.21. The van der Waals surface area contributed by atoms with Crippen molar-refractivity contribution in [3.8, 4) is 23.1 Å². The fourth-order valence-corrected chi connectivity index (χ4v) is 3.33. The minimum atomic E-state index is -1.19. The fraction of sp³-hybridized carbons (Fsp3) is 0.158. The molecular formula is C19H16N2O2S. The first-order valence-corrected chi connectivity index (χ1v) is 8.26. The minimum Gasteiger partial charge on any atom is -0.497 e. The molecule has 1 atom stereocenters. The third kappa shape index (κ3) is 3.02. The van der Waals surface area contributed by atoms with E-state index in [-0.39, 0.29) is 0 Å². The minimum absolute atomic E-state index is 0.587. The molecule has 1 heterocycles. The highest BCUT2D eigenvalue weighted by Gasteiger charge is 2.29. The van der Waals surface area contributed by atoms with Crippen molar-refractivity contribution in [1.82, 2.24) is 4.98 Å². The van der Waals surface area contributed by atoms with E-state index in [1.165, 1.54) is 11.3 Å². The number of nitrogens with zero attached hydrogens (tertiary/aromatic N) is 2. The number of aromatic nitrogens is 1. The number of methoxy groups -OCH3 is 1. The van der Waals surface area contributed by atoms with E-state index in [9.17, 15) is 5.11 Å². The summed E-state index contributed by atoms with van der Waals surface area (Å²) < 4.78 is 5.15. The summed E-state index contributed by atoms with van der Waals surface area (Å²) >= 11 is 1.39. The molecule has 0 saturated heterocycles. The average Bonchev–Trinajstić information content (AvgIpc) is 3.13. The van der Waals surface area contributed by atoms with Crippen LogP contribution in [-0.4, -0.2) is 17.2 Å². The first kappa shape index (κ1) is 16.2. The summed E-state index contributed by atoms with van der Waals surface area (Å²) in [5, 5.41) is 22.4. The number of hydrogen-bond acceptors (Lipinski definition) is 5. The third-order valence-electron chi connectivity index (χ3n) is 3.86. The molecular weight excluding hydrogens is 320 g/mol. The van der Waals surface area contributed by atoms with E-state index >= 15 is 0 Å². The Labute approximate surface area is 144 Å². The summed E-state index contributed by atoms with van der Waals surface area (Å²) in [4.78, 5) is 4.57. The molecule has 5 heteroatoms. The van der Waals surface area contributed by atoms with Crippen molar-refractivity contribution >= 4 is 11.3 Å². The van der Waals surface area contributed by atoms with Gasteiger partial charge in [-0.05, 0) is 36.8 Å². The Bertz CT molecular complexity index is 892. The second-order valence-corrected chi connectivity index (χ2v) is 6.39. The Morgan fingerprint density at radius 1 is 1.21 bits per heavy atom. The highest BCUT2D eigenvalue weighted by molar-refractivity contribution is 7.10. The van der Waals surface area contributed by atoms with Gasteiger partial charge >= 0.3 is 0 Å². The number of rotatable bonds is 4. The predicted molar refractivity (Wildman–Crippen MR) is 93.9 cm³/mol. The normalized spacial score (nSPS) is 13.1. The first-order valence-electron chi connectivity index (χ1n) is 7.38. The van der Waals surface area contributed by atoms with Gasteiger partial charge in [0.05, 0.1) is 24.4 Å². The number of hydrogen-bond donors (Lipinski definition) is 1. The SMILES string of the molecule is COc1ccc(C(C)(O)c2nc(-c3cccc(C#N)c3)cs2)cc1. The van der Waals surface area contributed by atoms with Crippen molar-refractivity contribution < 1.29 is 9.84 Å². The molecule has 1 unspecified atom stereocenters. The molecule has 0 aliphatic carbocycles. The van der Waals surface area contributed by atoms with Gasteiger partial charge in [0.25, 0.3) is 0 Å². The maximum atomic E-state index is 10.9. The lowest BCUT2D eigenvalue weighted by Crippen LogP contribution is -2.22. The lowest BCUT2D eigenvalue weighted by molar-refractivity contribution is 0.102. The van der Waals surface area contributed by atoms with Crippen LogP contribution >= 0.6 is 11.3 Å². The van der Waals surface area contributed by atoms with E-state index in [1.54, 1.807) is 26.2 Å². The molecule has 24 heavy (non-hydrogen) atoms. The number of aliphatic hydroxyl groups is 1. The quantitative estimate of drug-likeness (QED) is 0.783. The van der Waals surface area contributed by atoms with Crippen molar-refractivity contribution in [2.75, 3.05) is 7.11 Å². The van der Waals surface area contributed by atoms with Crippen LogP contribution in [-0.2, 0) is 5.60 Å². The molecule has 4 nitrogen and oxygen atoms in total. The van der Waals surface area contributed by atoms with E-state index in [2.05, 4.69) is 11.1 Å². The molecule has 120 valence electrons. The lowest BCUT2D eigenvalue weighted by atomic mass is 9.96. The first-order chi connectivity index (χ1) is 11.5. The van der Waals surface area contributed by atoms with Crippen LogP contribution in [0.3, 0.4) is 0 Å². The summed E-state index contributed by atoms with van der Waals surface area (Å²) in [7, 11) is 1.61. The topological polar surface area (TPSA) is 66.1 Å². The summed E-state index contributed by atoms with van der Waals surface area (Å²) in [5.74, 6) is 0.739. The van der Waals surface area contributed by atoms with Gasteiger partial charge in [-0.15, -0.1) is 11.3 Å². The molecule has 0 radical (unpaired) electrons. The van der Waals surface area contributed by atoms with Gasteiger partial charge in [-0.2, -0.15) is 5.26 Å². The standard InChI is InChI=1S/C19H16N2O2S/c1-19(22,15-6-8-16(23-2)9-7-15)18-21-17(12-24-18)14-5-3-4-13(10-14)11-20/h3-10,12,22H,1-2H3. The highest BCUT2D eigenvalue weighted by atomic mass is 32.1. The van der Waals surface area contributed by atoms with Crippen LogP contribution in [0.15, 0.2) is 53.9 Å². The van der Waals surface area contributed by atoms with E-state index in [1.807, 2.05) is 41.8 Å². The molecule has 2 aromatic carbocycles. The Balaban J connectivity index is 1.94. The molecule has 0 bridgehead atoms. The maximum Gasteiger partial charge on any atom is 0.138 e. The van der Waals surface area contributed by atoms with Gasteiger partial charge in [0.15, 0.2) is 0 Å². The average molecular weight is 336 g/mol. The van der Waals surface area contributed by atoms with Crippen LogP contribution in [0.25, 0.3) is 11.3 Å². The predicted octanol–water partition coefficient (Wildman–Crippen LogP) is 3.95. The Morgan fingerprint density at radius 2 is 1.96 bits per heavy atom. The van der Waals surface area contributed by atoms with Crippen molar-refractivity contribution in [2.24, 2.45) is 0 Å². The van der Waals surface area contributed by atoms with Gasteiger partial charge < -0.3 is 9.84 Å². The Hall–Kier alpha value is -2.68. The van der Waals surface area contributed by atoms with Gasteiger partial charge in [-0.3, -0.25) is 0 Å². The van der Waals surface area contributed by atoms with Gasteiger partial charge in [-0.1, -0.05) is 24.3 Å². The second kappa shape index (κ2) is 6.44. The van der Waals surface area contributed by atoms with Crippen LogP contribution in [0.2, 0.25) is 0 Å². The molecule has 1 N–H and O–H groups in total. The van der Waals surface area contributed by atoms with Gasteiger partial charge in [0.2, 0.25) is 0 Å². The molecule has 1 aromatic heterocycles. The Kier molecular flexibility index (Phi) is 4.34. The molecule has 3 rings (SSSR count). The van der Waals surface area contributed by atoms with Crippen LogP contribution in [0.5, 0.6) is 5.75 Å². The molecule has 0 aliphatic rings. The smallest absolute Gasteiger partial charge is 0.138 e. The Morgan fingerprint density at radius 3 is 2.62 bits per heavy atom. The van der Waals surface area contributed by atoms with Crippen LogP contribution in [0.4, 0.5) is 0 Å². The molecule has 3 aromatic rings. The monoisotopic (exact) mass is 336 g/mol. The highest BCUT2D eigenvalue weighted by Crippen LogP contribution is 2.34. The molecule has 0 saturated carbocycles. The maximum absolute atomic E-state index is 10.9. The van der Waals surface area contributed by atoms with Crippen LogP contribution < -0.4 is 4.74 Å². The number of ether oxygens (including phenoxy) is 1. The van der Waals surface area contributed by atoms with Crippen molar-refractivity contribution in [2.45, 2.75) is 12.5 Å². The summed E-state index contributed by atoms with van der Waals surface area (Å²) in [5.41, 5.74) is 1.75. The summed E-state index contributed by atoms with van der Waals surface area (Å²) in [6.45, 7) is 1.73. The van der Waals surface area contributed by atoms with E-state index in [0.717, 1.165) is 22.6 Å². The second-order valence-electron chi connectivity index (χ2n) is 5.53. The van der Waals surface area contributed by atoms with Crippen molar-refractivity contribution in [3.05, 3.63) is 70.0 Å². The molecule has 0 spiro atoms. The molecule has 0 aliphatic heterocycles. The van der Waals surface area contributed by atoms with E-state index in [4.69, 9.17) is 10.00 Å². The fourth-order valence-electron chi connectivity index (χ4n) is 2.42. The summed E-state index contributed by atoms with van der Waals surface area (Å²) in [6, 6.07) is 16.7. The number of benzene rings is 2. The summed E-state index contributed by atoms with van der Waals surface area (Å²) in [6.07, 6.45) is 0. The number of nitriles is 1. The van der Waals surface area contributed by atoms with E-state index in [0.29, 0.717) is 10.6 Å². The van der Waals surface area contributed by atoms with Gasteiger partial charge in [0.1, 0.15) is 16.4 Å². The zero-order chi connectivity index (χ0) is 17.2. The third-order valence-corrected chi connectivity index (χ3v) is 4.91. The van der Waals surface area contributed by atoms with Crippen LogP contribution in [0.1, 0.15) is 23.1 Å². The molecule has 0 amide bonds. The van der Waals surface area contributed by atoms with Crippen LogP contribution in [0, 0.1) is 11.3 Å². The largest absolute Gasteiger partial charge is 0.497 e. The zero-order valence-electron chi connectivity index (χ0n) is 13.4. The number of thiazole rings is 1.